The summed E-state index contributed by atoms with van der Waals surface area (Å²) >= 11 is 4.84. The minimum Gasteiger partial charge on any atom is -0.465 e. The lowest BCUT2D eigenvalue weighted by Crippen LogP contribution is -2.00. The lowest BCUT2D eigenvalue weighted by molar-refractivity contribution is 0.0600. The number of rotatable bonds is 4. The fourth-order valence-electron chi connectivity index (χ4n) is 2.29. The molecular formula is C20H13BrN2O2S. The second-order valence-corrected chi connectivity index (χ2v) is 7.10. The van der Waals surface area contributed by atoms with Gasteiger partial charge in [-0.2, -0.15) is 5.26 Å². The van der Waals surface area contributed by atoms with Gasteiger partial charge in [0.15, 0.2) is 0 Å². The molecule has 0 aliphatic carbocycles. The number of aromatic nitrogens is 1. The standard InChI is InChI=1S/C20H13BrN2O2S/c1-25-20(24)15-4-2-13(3-5-15)10-16(11-22)19-23-18(12-26-19)14-6-8-17(21)9-7-14/h2-10,12H,1H3/b16-10+. The van der Waals surface area contributed by atoms with E-state index in [1.54, 1.807) is 30.3 Å². The first kappa shape index (κ1) is 18.1. The summed E-state index contributed by atoms with van der Waals surface area (Å²) < 4.78 is 5.69. The number of carbonyl (C=O) groups is 1. The molecule has 0 bridgehead atoms. The number of ether oxygens (including phenoxy) is 1. The predicted octanol–water partition coefficient (Wildman–Crippen LogP) is 5.42. The van der Waals surface area contributed by atoms with Crippen molar-refractivity contribution in [1.29, 1.82) is 5.26 Å². The maximum atomic E-state index is 11.5. The van der Waals surface area contributed by atoms with Crippen molar-refractivity contribution < 1.29 is 9.53 Å². The Kier molecular flexibility index (Phi) is 5.61. The van der Waals surface area contributed by atoms with Gasteiger partial charge in [0.2, 0.25) is 0 Å². The Labute approximate surface area is 163 Å². The predicted molar refractivity (Wildman–Crippen MR) is 107 cm³/mol. The maximum absolute atomic E-state index is 11.5. The Morgan fingerprint density at radius 1 is 1.19 bits per heavy atom. The molecular weight excluding hydrogens is 412 g/mol. The summed E-state index contributed by atoms with van der Waals surface area (Å²) in [6.07, 6.45) is 1.76. The van der Waals surface area contributed by atoms with Gasteiger partial charge >= 0.3 is 5.97 Å². The molecule has 0 aliphatic rings. The minimum absolute atomic E-state index is 0.389. The average molecular weight is 425 g/mol. The third-order valence-electron chi connectivity index (χ3n) is 3.64. The molecule has 0 saturated carbocycles. The molecule has 0 aliphatic heterocycles. The van der Waals surface area contributed by atoms with Crippen molar-refractivity contribution >= 4 is 44.9 Å². The summed E-state index contributed by atoms with van der Waals surface area (Å²) in [7, 11) is 1.34. The zero-order valence-corrected chi connectivity index (χ0v) is 16.2. The molecule has 26 heavy (non-hydrogen) atoms. The van der Waals surface area contributed by atoms with Crippen molar-refractivity contribution in [3.63, 3.8) is 0 Å². The molecule has 0 fully saturated rings. The lowest BCUT2D eigenvalue weighted by atomic mass is 10.1. The van der Waals surface area contributed by atoms with Crippen LogP contribution in [0.2, 0.25) is 0 Å². The summed E-state index contributed by atoms with van der Waals surface area (Å²) in [5, 5.41) is 12.1. The van der Waals surface area contributed by atoms with Gasteiger partial charge in [-0.05, 0) is 35.9 Å². The fraction of sp³-hybridized carbons (Fsp3) is 0.0500. The second-order valence-electron chi connectivity index (χ2n) is 5.33. The molecule has 2 aromatic carbocycles. The van der Waals surface area contributed by atoms with Crippen LogP contribution in [0, 0.1) is 11.3 Å². The summed E-state index contributed by atoms with van der Waals surface area (Å²) in [5.41, 5.74) is 3.59. The topological polar surface area (TPSA) is 63.0 Å². The highest BCUT2D eigenvalue weighted by atomic mass is 79.9. The van der Waals surface area contributed by atoms with Crippen molar-refractivity contribution in [2.24, 2.45) is 0 Å². The molecule has 6 heteroatoms. The van der Waals surface area contributed by atoms with E-state index in [1.165, 1.54) is 18.4 Å². The smallest absolute Gasteiger partial charge is 0.337 e. The van der Waals surface area contributed by atoms with E-state index in [0.717, 1.165) is 21.3 Å². The van der Waals surface area contributed by atoms with Gasteiger partial charge in [0.1, 0.15) is 11.1 Å². The van der Waals surface area contributed by atoms with Crippen molar-refractivity contribution in [3.8, 4) is 17.3 Å². The fourth-order valence-corrected chi connectivity index (χ4v) is 3.35. The SMILES string of the molecule is COC(=O)c1ccc(/C=C(\C#N)c2nc(-c3ccc(Br)cc3)cs2)cc1. The Balaban J connectivity index is 1.87. The van der Waals surface area contributed by atoms with Crippen LogP contribution in [-0.2, 0) is 4.74 Å². The highest BCUT2D eigenvalue weighted by Gasteiger charge is 2.10. The van der Waals surface area contributed by atoms with Crippen LogP contribution in [0.1, 0.15) is 20.9 Å². The first-order valence-electron chi connectivity index (χ1n) is 7.62. The van der Waals surface area contributed by atoms with Crippen LogP contribution in [-0.4, -0.2) is 18.1 Å². The molecule has 1 heterocycles. The van der Waals surface area contributed by atoms with Gasteiger partial charge < -0.3 is 4.74 Å². The molecule has 0 spiro atoms. The molecule has 0 radical (unpaired) electrons. The van der Waals surface area contributed by atoms with Crippen LogP contribution in [0.25, 0.3) is 22.9 Å². The monoisotopic (exact) mass is 424 g/mol. The number of carbonyl (C=O) groups excluding carboxylic acids is 1. The van der Waals surface area contributed by atoms with Crippen molar-refractivity contribution in [1.82, 2.24) is 4.98 Å². The summed E-state index contributed by atoms with van der Waals surface area (Å²) in [6, 6.07) is 16.9. The Morgan fingerprint density at radius 3 is 2.50 bits per heavy atom. The Morgan fingerprint density at radius 2 is 1.88 bits per heavy atom. The van der Waals surface area contributed by atoms with E-state index in [2.05, 4.69) is 31.7 Å². The maximum Gasteiger partial charge on any atom is 0.337 e. The summed E-state index contributed by atoms with van der Waals surface area (Å²) in [5.74, 6) is -0.389. The lowest BCUT2D eigenvalue weighted by Gasteiger charge is -2.00. The second kappa shape index (κ2) is 8.09. The van der Waals surface area contributed by atoms with Crippen LogP contribution < -0.4 is 0 Å². The van der Waals surface area contributed by atoms with Gasteiger partial charge in [-0.3, -0.25) is 0 Å². The Bertz CT molecular complexity index is 1000. The number of nitrogens with zero attached hydrogens (tertiary/aromatic N) is 2. The molecule has 0 N–H and O–H groups in total. The van der Waals surface area contributed by atoms with E-state index in [0.29, 0.717) is 16.1 Å². The van der Waals surface area contributed by atoms with Crippen LogP contribution >= 0.6 is 27.3 Å². The normalized spacial score (nSPS) is 11.0. The molecule has 0 atom stereocenters. The van der Waals surface area contributed by atoms with Crippen molar-refractivity contribution in [2.45, 2.75) is 0 Å². The molecule has 3 rings (SSSR count). The van der Waals surface area contributed by atoms with E-state index in [1.807, 2.05) is 29.6 Å². The molecule has 128 valence electrons. The van der Waals surface area contributed by atoms with Gasteiger partial charge in [-0.1, -0.05) is 40.2 Å². The summed E-state index contributed by atoms with van der Waals surface area (Å²) in [4.78, 5) is 16.1. The first-order valence-corrected chi connectivity index (χ1v) is 9.30. The molecule has 0 saturated heterocycles. The number of allylic oxidation sites excluding steroid dienone is 1. The van der Waals surface area contributed by atoms with Gasteiger partial charge in [0.05, 0.1) is 23.9 Å². The van der Waals surface area contributed by atoms with E-state index in [9.17, 15) is 10.1 Å². The van der Waals surface area contributed by atoms with Crippen molar-refractivity contribution in [3.05, 3.63) is 74.5 Å². The average Bonchev–Trinajstić information content (AvgIpc) is 3.16. The third kappa shape index (κ3) is 4.07. The summed E-state index contributed by atoms with van der Waals surface area (Å²) in [6.45, 7) is 0. The zero-order valence-electron chi connectivity index (χ0n) is 13.8. The molecule has 0 amide bonds. The van der Waals surface area contributed by atoms with E-state index in [4.69, 9.17) is 0 Å². The van der Waals surface area contributed by atoms with Gasteiger partial charge in [0, 0.05) is 15.4 Å². The number of halogens is 1. The largest absolute Gasteiger partial charge is 0.465 e. The van der Waals surface area contributed by atoms with E-state index >= 15 is 0 Å². The van der Waals surface area contributed by atoms with Crippen LogP contribution in [0.4, 0.5) is 0 Å². The van der Waals surface area contributed by atoms with E-state index in [-0.39, 0.29) is 5.97 Å². The molecule has 1 aromatic heterocycles. The Hall–Kier alpha value is -2.75. The van der Waals surface area contributed by atoms with Gasteiger partial charge in [-0.25, -0.2) is 9.78 Å². The zero-order chi connectivity index (χ0) is 18.5. The quantitative estimate of drug-likeness (QED) is 0.414. The number of esters is 1. The first-order chi connectivity index (χ1) is 12.6. The molecule has 0 unspecified atom stereocenters. The van der Waals surface area contributed by atoms with E-state index < -0.39 is 0 Å². The highest BCUT2D eigenvalue weighted by Crippen LogP contribution is 2.28. The molecule has 3 aromatic rings. The number of thiazole rings is 1. The third-order valence-corrected chi connectivity index (χ3v) is 5.04. The number of methoxy groups -OCH3 is 1. The minimum atomic E-state index is -0.389. The number of benzene rings is 2. The van der Waals surface area contributed by atoms with Crippen LogP contribution in [0.15, 0.2) is 58.4 Å². The van der Waals surface area contributed by atoms with Gasteiger partial charge in [0.25, 0.3) is 0 Å². The number of hydrogen-bond acceptors (Lipinski definition) is 5. The van der Waals surface area contributed by atoms with Crippen LogP contribution in [0.5, 0.6) is 0 Å². The number of hydrogen-bond donors (Lipinski definition) is 0. The van der Waals surface area contributed by atoms with Crippen molar-refractivity contribution in [2.75, 3.05) is 7.11 Å². The number of nitriles is 1. The highest BCUT2D eigenvalue weighted by molar-refractivity contribution is 9.10. The van der Waals surface area contributed by atoms with Gasteiger partial charge in [-0.15, -0.1) is 11.3 Å². The molecule has 4 nitrogen and oxygen atoms in total. The van der Waals surface area contributed by atoms with Crippen LogP contribution in [0.3, 0.4) is 0 Å².